The third-order valence-corrected chi connectivity index (χ3v) is 8.89. The smallest absolute Gasteiger partial charge is 0.369 e. The van der Waals surface area contributed by atoms with Crippen LogP contribution in [0.3, 0.4) is 0 Å². The Bertz CT molecular complexity index is 1290. The molecule has 0 aliphatic carbocycles. The number of hydrogen-bond acceptors (Lipinski definition) is 10. The van der Waals surface area contributed by atoms with Crippen LogP contribution >= 0.6 is 0 Å². The molecule has 278 valence electrons. The van der Waals surface area contributed by atoms with Crippen molar-refractivity contribution >= 4 is 17.8 Å². The van der Waals surface area contributed by atoms with E-state index in [-0.39, 0.29) is 19.6 Å². The maximum absolute atomic E-state index is 14.1. The highest BCUT2D eigenvalue weighted by Gasteiger charge is 2.71. The standard InChI is InChI=1S/C39H57NO10/c1-4-5-6-7-8-9-10-11-12-13-20-25-33(42)40-35-38(46,36(44)47-27-30-21-16-14-17-22-30)34(43)32(26-41)50-39(35,49-29(2)3)37(45)48-28-31-23-18-15-19-24-31/h14-19,21-24,29,32,34-35,41,43,46H,4-13,20,25-28H2,1-3H3,(H,40,42)/t32-,34-,35-,38+,39?/m1/s1. The maximum atomic E-state index is 14.1. The van der Waals surface area contributed by atoms with Gasteiger partial charge in [-0.15, -0.1) is 0 Å². The van der Waals surface area contributed by atoms with Crippen molar-refractivity contribution in [3.8, 4) is 0 Å². The summed E-state index contributed by atoms with van der Waals surface area (Å²) in [6.45, 7) is 3.96. The number of aliphatic hydroxyl groups is 3. The second kappa shape index (κ2) is 21.1. The number of carbonyl (C=O) groups is 3. The molecular weight excluding hydrogens is 642 g/mol. The molecule has 50 heavy (non-hydrogen) atoms. The first-order valence-corrected chi connectivity index (χ1v) is 18.2. The average molecular weight is 700 g/mol. The molecule has 3 rings (SSSR count). The van der Waals surface area contributed by atoms with Gasteiger partial charge in [0.05, 0.1) is 12.7 Å². The van der Waals surface area contributed by atoms with Crippen LogP contribution in [0.1, 0.15) is 109 Å². The number of ether oxygens (including phenoxy) is 4. The lowest BCUT2D eigenvalue weighted by Gasteiger charge is -2.53. The van der Waals surface area contributed by atoms with Gasteiger partial charge in [-0.2, -0.15) is 0 Å². The van der Waals surface area contributed by atoms with E-state index in [0.29, 0.717) is 17.5 Å². The van der Waals surface area contributed by atoms with E-state index in [1.165, 1.54) is 38.5 Å². The summed E-state index contributed by atoms with van der Waals surface area (Å²) in [5, 5.41) is 36.4. The minimum absolute atomic E-state index is 0.0129. The lowest BCUT2D eigenvalue weighted by molar-refractivity contribution is -0.351. The minimum Gasteiger partial charge on any atom is -0.459 e. The van der Waals surface area contributed by atoms with Crippen LogP contribution in [0.5, 0.6) is 0 Å². The van der Waals surface area contributed by atoms with Gasteiger partial charge in [-0.3, -0.25) is 4.79 Å². The van der Waals surface area contributed by atoms with Crippen LogP contribution in [0.15, 0.2) is 60.7 Å². The number of amides is 1. The highest BCUT2D eigenvalue weighted by atomic mass is 16.7. The zero-order valence-electron chi connectivity index (χ0n) is 29.9. The molecule has 2 aromatic rings. The molecule has 4 N–H and O–H groups in total. The molecule has 11 heteroatoms. The number of esters is 2. The normalized spacial score (nSPS) is 23.4. The first kappa shape index (κ1) is 41.1. The summed E-state index contributed by atoms with van der Waals surface area (Å²) < 4.78 is 23.1. The molecule has 11 nitrogen and oxygen atoms in total. The summed E-state index contributed by atoms with van der Waals surface area (Å²) in [6, 6.07) is 15.4. The summed E-state index contributed by atoms with van der Waals surface area (Å²) in [6.07, 6.45) is 7.35. The van der Waals surface area contributed by atoms with Crippen molar-refractivity contribution in [2.75, 3.05) is 6.61 Å². The van der Waals surface area contributed by atoms with Crippen LogP contribution < -0.4 is 5.32 Å². The largest absolute Gasteiger partial charge is 0.459 e. The molecule has 0 radical (unpaired) electrons. The third-order valence-electron chi connectivity index (χ3n) is 8.89. The molecule has 1 unspecified atom stereocenters. The van der Waals surface area contributed by atoms with Gasteiger partial charge in [0.15, 0.2) is 0 Å². The number of nitrogens with one attached hydrogen (secondary N) is 1. The Morgan fingerprint density at radius 3 is 1.74 bits per heavy atom. The number of hydrogen-bond donors (Lipinski definition) is 4. The molecule has 5 atom stereocenters. The Balaban J connectivity index is 1.84. The minimum atomic E-state index is -3.01. The SMILES string of the molecule is CCCCCCCCCCCCCC(=O)N[C@H]1C(OC(C)C)(C(=O)OCc2ccccc2)O[C@H](CO)[C@@H](O)[C@@]1(O)C(=O)OCc1ccccc1. The lowest BCUT2D eigenvalue weighted by atomic mass is 9.77. The van der Waals surface area contributed by atoms with Crippen molar-refractivity contribution in [1.82, 2.24) is 5.32 Å². The molecule has 0 saturated carbocycles. The number of unbranched alkanes of at least 4 members (excludes halogenated alkanes) is 10. The Morgan fingerprint density at radius 1 is 0.780 bits per heavy atom. The summed E-state index contributed by atoms with van der Waals surface area (Å²) in [4.78, 5) is 41.5. The van der Waals surface area contributed by atoms with Gasteiger partial charge in [-0.1, -0.05) is 132 Å². The molecule has 2 aromatic carbocycles. The van der Waals surface area contributed by atoms with Gasteiger partial charge < -0.3 is 39.6 Å². The topological polar surface area (TPSA) is 161 Å². The fourth-order valence-corrected chi connectivity index (χ4v) is 6.19. The Morgan fingerprint density at radius 2 is 1.26 bits per heavy atom. The molecule has 0 spiro atoms. The Hall–Kier alpha value is -3.35. The van der Waals surface area contributed by atoms with E-state index in [4.69, 9.17) is 18.9 Å². The van der Waals surface area contributed by atoms with Gasteiger partial charge in [0.1, 0.15) is 31.5 Å². The monoisotopic (exact) mass is 699 g/mol. The van der Waals surface area contributed by atoms with E-state index in [1.807, 2.05) is 0 Å². The van der Waals surface area contributed by atoms with Crippen molar-refractivity contribution in [3.63, 3.8) is 0 Å². The second-order valence-electron chi connectivity index (χ2n) is 13.4. The molecular formula is C39H57NO10. The molecule has 0 bridgehead atoms. The molecule has 0 aromatic heterocycles. The summed E-state index contributed by atoms with van der Waals surface area (Å²) in [5.41, 5.74) is -1.79. The van der Waals surface area contributed by atoms with Crippen molar-refractivity contribution < 1.29 is 48.7 Å². The Kier molecular flexibility index (Phi) is 17.3. The van der Waals surface area contributed by atoms with Crippen molar-refractivity contribution in [3.05, 3.63) is 71.8 Å². The lowest BCUT2D eigenvalue weighted by Crippen LogP contribution is -2.81. The first-order valence-electron chi connectivity index (χ1n) is 18.2. The highest BCUT2D eigenvalue weighted by molar-refractivity contribution is 5.89. The zero-order valence-corrected chi connectivity index (χ0v) is 29.9. The second-order valence-corrected chi connectivity index (χ2v) is 13.4. The highest BCUT2D eigenvalue weighted by Crippen LogP contribution is 2.41. The number of benzene rings is 2. The van der Waals surface area contributed by atoms with E-state index >= 15 is 0 Å². The molecule has 1 fully saturated rings. The maximum Gasteiger partial charge on any atom is 0.369 e. The van der Waals surface area contributed by atoms with Gasteiger partial charge >= 0.3 is 11.9 Å². The van der Waals surface area contributed by atoms with Gasteiger partial charge in [-0.05, 0) is 31.4 Å². The summed E-state index contributed by atoms with van der Waals surface area (Å²) in [7, 11) is 0. The van der Waals surface area contributed by atoms with E-state index in [0.717, 1.165) is 25.7 Å². The van der Waals surface area contributed by atoms with E-state index in [1.54, 1.807) is 74.5 Å². The van der Waals surface area contributed by atoms with Gasteiger partial charge in [-0.25, -0.2) is 9.59 Å². The third kappa shape index (κ3) is 11.6. The van der Waals surface area contributed by atoms with Gasteiger partial charge in [0.25, 0.3) is 5.79 Å². The molecule has 1 amide bonds. The van der Waals surface area contributed by atoms with Crippen molar-refractivity contribution in [2.24, 2.45) is 0 Å². The molecule has 1 aliphatic heterocycles. The van der Waals surface area contributed by atoms with Crippen LogP contribution in [0.25, 0.3) is 0 Å². The van der Waals surface area contributed by atoms with Gasteiger partial charge in [0.2, 0.25) is 11.5 Å². The molecule has 1 saturated heterocycles. The summed E-state index contributed by atoms with van der Waals surface area (Å²) in [5.74, 6) is -5.79. The fraction of sp³-hybridized carbons (Fsp3) is 0.615. The first-order chi connectivity index (χ1) is 24.1. The Labute approximate surface area is 296 Å². The average Bonchev–Trinajstić information content (AvgIpc) is 3.12. The van der Waals surface area contributed by atoms with E-state index in [9.17, 15) is 29.7 Å². The molecule has 1 aliphatic rings. The van der Waals surface area contributed by atoms with E-state index in [2.05, 4.69) is 12.2 Å². The van der Waals surface area contributed by atoms with Crippen LogP contribution in [0, 0.1) is 0 Å². The van der Waals surface area contributed by atoms with Crippen molar-refractivity contribution in [2.45, 2.75) is 147 Å². The predicted molar refractivity (Wildman–Crippen MR) is 187 cm³/mol. The quantitative estimate of drug-likeness (QED) is 0.0943. The van der Waals surface area contributed by atoms with Crippen LogP contribution in [-0.4, -0.2) is 75.5 Å². The molecule has 1 heterocycles. The fourth-order valence-electron chi connectivity index (χ4n) is 6.19. The van der Waals surface area contributed by atoms with Gasteiger partial charge in [0, 0.05) is 6.42 Å². The summed E-state index contributed by atoms with van der Waals surface area (Å²) >= 11 is 0. The van der Waals surface area contributed by atoms with E-state index < -0.39 is 60.2 Å². The van der Waals surface area contributed by atoms with Crippen molar-refractivity contribution in [1.29, 1.82) is 0 Å². The van der Waals surface area contributed by atoms with Crippen LogP contribution in [0.4, 0.5) is 0 Å². The number of aliphatic hydroxyl groups excluding tert-OH is 2. The van der Waals surface area contributed by atoms with Crippen LogP contribution in [0.2, 0.25) is 0 Å². The number of rotatable bonds is 22. The number of carbonyl (C=O) groups excluding carboxylic acids is 3. The zero-order chi connectivity index (χ0) is 36.4. The predicted octanol–water partition coefficient (Wildman–Crippen LogP) is 5.26. The van der Waals surface area contributed by atoms with Crippen LogP contribution in [-0.2, 0) is 46.5 Å².